The third-order valence-electron chi connectivity index (χ3n) is 3.51. The predicted molar refractivity (Wildman–Crippen MR) is 99.2 cm³/mol. The van der Waals surface area contributed by atoms with E-state index in [1.165, 1.54) is 24.3 Å². The third-order valence-corrected chi connectivity index (χ3v) is 4.36. The Morgan fingerprint density at radius 1 is 1.00 bits per heavy atom. The number of nitrogens with one attached hydrogen (secondary N) is 3. The van der Waals surface area contributed by atoms with E-state index in [0.717, 1.165) is 14.9 Å². The first-order chi connectivity index (χ1) is 11.8. The van der Waals surface area contributed by atoms with Gasteiger partial charge in [-0.1, -0.05) is 22.0 Å². The summed E-state index contributed by atoms with van der Waals surface area (Å²) in [6, 6.07) is 11.1. The van der Waals surface area contributed by atoms with Gasteiger partial charge in [0, 0.05) is 15.8 Å². The number of carbonyl (C=O) groups is 2. The average Bonchev–Trinajstić information content (AvgIpc) is 2.52. The summed E-state index contributed by atoms with van der Waals surface area (Å²) in [6.07, 6.45) is 0. The third kappa shape index (κ3) is 6.28. The van der Waals surface area contributed by atoms with Crippen LogP contribution in [0.15, 0.2) is 46.9 Å². The van der Waals surface area contributed by atoms with Gasteiger partial charge in [0.05, 0.1) is 7.05 Å². The molecule has 5 nitrogen and oxygen atoms in total. The van der Waals surface area contributed by atoms with Crippen molar-refractivity contribution in [2.75, 3.05) is 30.8 Å². The number of halogens is 2. The standard InChI is InChI=1S/C18H19BrFN3O2/c1-12-3-6-15(9-16(12)19)22-18(25)11-23(2)10-17(24)21-14-7-4-13(20)5-8-14/h3-9H,10-11H2,1-2H3,(H,21,24)(H,22,25)/p+1. The Morgan fingerprint density at radius 3 is 2.08 bits per heavy atom. The van der Waals surface area contributed by atoms with Crippen LogP contribution < -0.4 is 15.5 Å². The van der Waals surface area contributed by atoms with Crippen LogP contribution in [0.5, 0.6) is 0 Å². The van der Waals surface area contributed by atoms with Gasteiger partial charge in [0.25, 0.3) is 11.8 Å². The van der Waals surface area contributed by atoms with Crippen molar-refractivity contribution in [1.82, 2.24) is 0 Å². The summed E-state index contributed by atoms with van der Waals surface area (Å²) in [7, 11) is 1.76. The van der Waals surface area contributed by atoms with Gasteiger partial charge in [-0.3, -0.25) is 9.59 Å². The van der Waals surface area contributed by atoms with Gasteiger partial charge in [0.2, 0.25) is 0 Å². The summed E-state index contributed by atoms with van der Waals surface area (Å²) < 4.78 is 13.8. The lowest BCUT2D eigenvalue weighted by atomic mass is 10.2. The summed E-state index contributed by atoms with van der Waals surface area (Å²) in [5, 5.41) is 5.48. The minimum absolute atomic E-state index is 0.127. The number of benzene rings is 2. The van der Waals surface area contributed by atoms with Crippen LogP contribution >= 0.6 is 15.9 Å². The number of carbonyl (C=O) groups excluding carboxylic acids is 2. The second kappa shape index (κ2) is 8.73. The van der Waals surface area contributed by atoms with Crippen molar-refractivity contribution >= 4 is 39.1 Å². The highest BCUT2D eigenvalue weighted by atomic mass is 79.9. The molecule has 0 spiro atoms. The largest absolute Gasteiger partial charge is 0.322 e. The van der Waals surface area contributed by atoms with Crippen LogP contribution in [-0.2, 0) is 9.59 Å². The fraction of sp³-hybridized carbons (Fsp3) is 0.222. The highest BCUT2D eigenvalue weighted by Crippen LogP contribution is 2.20. The molecule has 132 valence electrons. The molecule has 2 rings (SSSR count). The maximum absolute atomic E-state index is 12.8. The molecule has 3 N–H and O–H groups in total. The molecule has 2 amide bonds. The summed E-state index contributed by atoms with van der Waals surface area (Å²) in [4.78, 5) is 24.8. The van der Waals surface area contributed by atoms with Crippen LogP contribution in [0.4, 0.5) is 15.8 Å². The van der Waals surface area contributed by atoms with E-state index in [0.29, 0.717) is 11.4 Å². The van der Waals surface area contributed by atoms with E-state index >= 15 is 0 Å². The minimum Gasteiger partial charge on any atom is -0.322 e. The lowest BCUT2D eigenvalue weighted by Gasteiger charge is -2.14. The lowest BCUT2D eigenvalue weighted by molar-refractivity contribution is -0.862. The number of aryl methyl sites for hydroxylation is 1. The Balaban J connectivity index is 1.81. The Bertz CT molecular complexity index is 765. The molecule has 25 heavy (non-hydrogen) atoms. The summed E-state index contributed by atoms with van der Waals surface area (Å²) in [5.74, 6) is -0.780. The topological polar surface area (TPSA) is 62.6 Å². The molecule has 0 bridgehead atoms. The molecule has 0 saturated carbocycles. The number of hydrogen-bond acceptors (Lipinski definition) is 2. The molecular formula is C18H20BrFN3O2+. The highest BCUT2D eigenvalue weighted by molar-refractivity contribution is 9.10. The van der Waals surface area contributed by atoms with Crippen molar-refractivity contribution < 1.29 is 18.9 Å². The Kier molecular flexibility index (Phi) is 6.66. The quantitative estimate of drug-likeness (QED) is 0.684. The van der Waals surface area contributed by atoms with Crippen LogP contribution in [0.2, 0.25) is 0 Å². The zero-order valence-corrected chi connectivity index (χ0v) is 15.6. The second-order valence-corrected chi connectivity index (χ2v) is 6.73. The predicted octanol–water partition coefficient (Wildman–Crippen LogP) is 1.99. The van der Waals surface area contributed by atoms with Crippen molar-refractivity contribution in [3.63, 3.8) is 0 Å². The molecule has 0 aliphatic rings. The molecule has 0 heterocycles. The molecule has 0 radical (unpaired) electrons. The van der Waals surface area contributed by atoms with Crippen LogP contribution in [0.25, 0.3) is 0 Å². The maximum Gasteiger partial charge on any atom is 0.279 e. The number of quaternary nitrogens is 1. The molecule has 2 aromatic carbocycles. The van der Waals surface area contributed by atoms with E-state index in [2.05, 4.69) is 26.6 Å². The van der Waals surface area contributed by atoms with Gasteiger partial charge in [-0.05, 0) is 48.9 Å². The monoisotopic (exact) mass is 408 g/mol. The molecule has 1 atom stereocenters. The van der Waals surface area contributed by atoms with Gasteiger partial charge in [-0.15, -0.1) is 0 Å². The second-order valence-electron chi connectivity index (χ2n) is 5.88. The van der Waals surface area contributed by atoms with E-state index in [1.54, 1.807) is 7.05 Å². The molecule has 0 aliphatic carbocycles. The number of hydrogen-bond donors (Lipinski definition) is 3. The summed E-state index contributed by atoms with van der Waals surface area (Å²) in [6.45, 7) is 2.25. The van der Waals surface area contributed by atoms with Crippen molar-refractivity contribution in [2.45, 2.75) is 6.92 Å². The van der Waals surface area contributed by atoms with Gasteiger partial charge in [0.15, 0.2) is 13.1 Å². The van der Waals surface area contributed by atoms with Crippen molar-refractivity contribution in [2.24, 2.45) is 0 Å². The Hall–Kier alpha value is -2.25. The first kappa shape index (κ1) is 19.1. The van der Waals surface area contributed by atoms with Crippen LogP contribution in [0, 0.1) is 12.7 Å². The summed E-state index contributed by atoms with van der Waals surface area (Å²) in [5.41, 5.74) is 2.30. The van der Waals surface area contributed by atoms with E-state index in [9.17, 15) is 14.0 Å². The van der Waals surface area contributed by atoms with Crippen LogP contribution in [0.1, 0.15) is 5.56 Å². The minimum atomic E-state index is -0.361. The SMILES string of the molecule is Cc1ccc(NC(=O)C[NH+](C)CC(=O)Nc2ccc(F)cc2)cc1Br. The zero-order chi connectivity index (χ0) is 18.4. The average molecular weight is 409 g/mol. The van der Waals surface area contributed by atoms with E-state index in [4.69, 9.17) is 0 Å². The van der Waals surface area contributed by atoms with Crippen LogP contribution in [0.3, 0.4) is 0 Å². The smallest absolute Gasteiger partial charge is 0.279 e. The van der Waals surface area contributed by atoms with Gasteiger partial charge >= 0.3 is 0 Å². The fourth-order valence-electron chi connectivity index (χ4n) is 2.22. The van der Waals surface area contributed by atoms with Crippen molar-refractivity contribution in [3.8, 4) is 0 Å². The molecule has 0 aromatic heterocycles. The van der Waals surface area contributed by atoms with E-state index in [1.807, 2.05) is 25.1 Å². The van der Waals surface area contributed by atoms with Gasteiger partial charge in [-0.2, -0.15) is 0 Å². The number of likely N-dealkylation sites (N-methyl/N-ethyl adjacent to an activating group) is 1. The molecular weight excluding hydrogens is 389 g/mol. The molecule has 1 unspecified atom stereocenters. The van der Waals surface area contributed by atoms with E-state index < -0.39 is 0 Å². The zero-order valence-electron chi connectivity index (χ0n) is 14.0. The number of amides is 2. The Morgan fingerprint density at radius 2 is 1.52 bits per heavy atom. The van der Waals surface area contributed by atoms with E-state index in [-0.39, 0.29) is 30.7 Å². The lowest BCUT2D eigenvalue weighted by Crippen LogP contribution is -3.11. The number of anilines is 2. The molecule has 0 aliphatic heterocycles. The maximum atomic E-state index is 12.8. The summed E-state index contributed by atoms with van der Waals surface area (Å²) >= 11 is 3.42. The molecule has 2 aromatic rings. The fourth-order valence-corrected chi connectivity index (χ4v) is 2.60. The van der Waals surface area contributed by atoms with Gasteiger partial charge < -0.3 is 15.5 Å². The number of rotatable bonds is 6. The first-order valence-electron chi connectivity index (χ1n) is 7.76. The normalized spacial score (nSPS) is 11.7. The molecule has 0 saturated heterocycles. The van der Waals surface area contributed by atoms with Crippen molar-refractivity contribution in [1.29, 1.82) is 0 Å². The van der Waals surface area contributed by atoms with Crippen LogP contribution in [-0.4, -0.2) is 32.0 Å². The van der Waals surface area contributed by atoms with Gasteiger partial charge in [-0.25, -0.2) is 4.39 Å². The first-order valence-corrected chi connectivity index (χ1v) is 8.55. The van der Waals surface area contributed by atoms with Gasteiger partial charge in [0.1, 0.15) is 5.82 Å². The van der Waals surface area contributed by atoms with Crippen molar-refractivity contribution in [3.05, 3.63) is 58.3 Å². The molecule has 0 fully saturated rings. The molecule has 7 heteroatoms. The Labute approximate surface area is 154 Å². The highest BCUT2D eigenvalue weighted by Gasteiger charge is 2.14.